The lowest BCUT2D eigenvalue weighted by Crippen LogP contribution is -2.56. The third-order valence-corrected chi connectivity index (χ3v) is 3.58. The molecule has 0 unspecified atom stereocenters. The van der Waals surface area contributed by atoms with Crippen LogP contribution in [0.1, 0.15) is 11.3 Å². The summed E-state index contributed by atoms with van der Waals surface area (Å²) in [7, 11) is 1.61. The lowest BCUT2D eigenvalue weighted by molar-refractivity contribution is -0.152. The molecular weight excluding hydrogens is 260 g/mol. The molecule has 20 heavy (non-hydrogen) atoms. The first kappa shape index (κ1) is 14.9. The summed E-state index contributed by atoms with van der Waals surface area (Å²) < 4.78 is 5.19. The minimum atomic E-state index is -0.978. The largest absolute Gasteiger partial charge is 0.388 e. The maximum Gasteiger partial charge on any atom is 0.227 e. The van der Waals surface area contributed by atoms with Crippen LogP contribution in [0.15, 0.2) is 18.3 Å². The van der Waals surface area contributed by atoms with E-state index in [2.05, 4.69) is 4.98 Å². The van der Waals surface area contributed by atoms with Crippen LogP contribution in [0.3, 0.4) is 0 Å². The Hall–Kier alpha value is -1.50. The average molecular weight is 280 g/mol. The van der Waals surface area contributed by atoms with Crippen LogP contribution in [0.5, 0.6) is 0 Å². The van der Waals surface area contributed by atoms with E-state index < -0.39 is 18.2 Å². The number of aliphatic hydroxyl groups is 2. The predicted octanol–water partition coefficient (Wildman–Crippen LogP) is -0.488. The highest BCUT2D eigenvalue weighted by Gasteiger charge is 2.35. The van der Waals surface area contributed by atoms with Crippen LogP contribution in [0.4, 0.5) is 0 Å². The Labute approximate surface area is 118 Å². The highest BCUT2D eigenvalue weighted by atomic mass is 16.5. The normalized spacial score (nSPS) is 26.3. The van der Waals surface area contributed by atoms with Gasteiger partial charge in [0.05, 0.1) is 25.7 Å². The molecule has 0 spiro atoms. The van der Waals surface area contributed by atoms with Gasteiger partial charge in [0.1, 0.15) is 12.2 Å². The number of likely N-dealkylation sites (N-methyl/N-ethyl adjacent to an activating group) is 1. The Balaban J connectivity index is 1.99. The van der Waals surface area contributed by atoms with Crippen molar-refractivity contribution < 1.29 is 19.7 Å². The van der Waals surface area contributed by atoms with E-state index in [1.165, 1.54) is 4.90 Å². The topological polar surface area (TPSA) is 82.9 Å². The van der Waals surface area contributed by atoms with Crippen molar-refractivity contribution in [2.75, 3.05) is 20.3 Å². The number of aryl methyl sites for hydroxylation is 1. The lowest BCUT2D eigenvalue weighted by atomic mass is 10.0. The second kappa shape index (κ2) is 6.30. The first-order chi connectivity index (χ1) is 9.49. The maximum atomic E-state index is 12.2. The van der Waals surface area contributed by atoms with Gasteiger partial charge in [0, 0.05) is 18.9 Å². The molecule has 0 aliphatic carbocycles. The highest BCUT2D eigenvalue weighted by Crippen LogP contribution is 2.15. The zero-order valence-electron chi connectivity index (χ0n) is 11.7. The van der Waals surface area contributed by atoms with Crippen molar-refractivity contribution in [1.29, 1.82) is 0 Å². The van der Waals surface area contributed by atoms with Crippen molar-refractivity contribution in [3.05, 3.63) is 29.6 Å². The maximum absolute atomic E-state index is 12.2. The number of aromatic nitrogens is 1. The van der Waals surface area contributed by atoms with E-state index in [1.54, 1.807) is 13.2 Å². The van der Waals surface area contributed by atoms with Crippen LogP contribution >= 0.6 is 0 Å². The molecule has 1 fully saturated rings. The Bertz CT molecular complexity index is 463. The quantitative estimate of drug-likeness (QED) is 0.781. The third-order valence-electron chi connectivity index (χ3n) is 3.58. The smallest absolute Gasteiger partial charge is 0.227 e. The predicted molar refractivity (Wildman–Crippen MR) is 72.1 cm³/mol. The first-order valence-corrected chi connectivity index (χ1v) is 6.60. The zero-order valence-corrected chi connectivity index (χ0v) is 11.7. The SMILES string of the molecule is Cc1ccc(CC(=O)N(C)[C@@H]2COC[C@@H](O)[C@H]2O)cn1. The Morgan fingerprint density at radius 2 is 2.20 bits per heavy atom. The fourth-order valence-corrected chi connectivity index (χ4v) is 2.19. The molecule has 6 heteroatoms. The van der Waals surface area contributed by atoms with Gasteiger partial charge in [0.25, 0.3) is 0 Å². The summed E-state index contributed by atoms with van der Waals surface area (Å²) in [6, 6.07) is 3.19. The molecule has 1 amide bonds. The second-order valence-electron chi connectivity index (χ2n) is 5.15. The molecule has 1 aromatic rings. The number of ether oxygens (including phenoxy) is 1. The molecule has 1 aliphatic heterocycles. The van der Waals surface area contributed by atoms with Crippen LogP contribution in [-0.2, 0) is 16.0 Å². The summed E-state index contributed by atoms with van der Waals surface area (Å²) in [4.78, 5) is 17.8. The molecule has 3 atom stereocenters. The number of carbonyl (C=O) groups excluding carboxylic acids is 1. The van der Waals surface area contributed by atoms with E-state index in [0.29, 0.717) is 0 Å². The van der Waals surface area contributed by atoms with Crippen LogP contribution in [-0.4, -0.2) is 64.5 Å². The molecule has 2 heterocycles. The van der Waals surface area contributed by atoms with E-state index >= 15 is 0 Å². The van der Waals surface area contributed by atoms with Crippen molar-refractivity contribution in [2.24, 2.45) is 0 Å². The number of amides is 1. The molecule has 0 bridgehead atoms. The summed E-state index contributed by atoms with van der Waals surface area (Å²) in [6.07, 6.45) is -0.0498. The van der Waals surface area contributed by atoms with E-state index in [0.717, 1.165) is 11.3 Å². The van der Waals surface area contributed by atoms with Gasteiger partial charge in [-0.05, 0) is 18.6 Å². The van der Waals surface area contributed by atoms with Crippen LogP contribution in [0.25, 0.3) is 0 Å². The van der Waals surface area contributed by atoms with E-state index in [4.69, 9.17) is 4.74 Å². The molecule has 1 aromatic heterocycles. The number of rotatable bonds is 3. The van der Waals surface area contributed by atoms with Crippen molar-refractivity contribution in [3.63, 3.8) is 0 Å². The van der Waals surface area contributed by atoms with Crippen LogP contribution < -0.4 is 0 Å². The molecule has 0 aromatic carbocycles. The number of carbonyl (C=O) groups is 1. The summed E-state index contributed by atoms with van der Waals surface area (Å²) in [5, 5.41) is 19.5. The van der Waals surface area contributed by atoms with Gasteiger partial charge in [0.2, 0.25) is 5.91 Å². The van der Waals surface area contributed by atoms with Gasteiger partial charge in [-0.1, -0.05) is 6.07 Å². The minimum Gasteiger partial charge on any atom is -0.388 e. The van der Waals surface area contributed by atoms with Gasteiger partial charge in [-0.2, -0.15) is 0 Å². The second-order valence-corrected chi connectivity index (χ2v) is 5.15. The molecule has 1 aliphatic rings. The van der Waals surface area contributed by atoms with E-state index in [-0.39, 0.29) is 25.5 Å². The van der Waals surface area contributed by atoms with E-state index in [9.17, 15) is 15.0 Å². The van der Waals surface area contributed by atoms with Crippen LogP contribution in [0, 0.1) is 6.92 Å². The highest BCUT2D eigenvalue weighted by molar-refractivity contribution is 5.78. The standard InChI is InChI=1S/C14H20N2O4/c1-9-3-4-10(6-15-9)5-13(18)16(2)11-7-20-8-12(17)14(11)19/h3-4,6,11-12,14,17,19H,5,7-8H2,1-2H3/t11-,12-,14+/m1/s1. The van der Waals surface area contributed by atoms with Gasteiger partial charge in [-0.3, -0.25) is 9.78 Å². The van der Waals surface area contributed by atoms with Gasteiger partial charge < -0.3 is 19.8 Å². The Morgan fingerprint density at radius 1 is 1.45 bits per heavy atom. The van der Waals surface area contributed by atoms with Crippen molar-refractivity contribution in [1.82, 2.24) is 9.88 Å². The Kier molecular flexibility index (Phi) is 4.69. The van der Waals surface area contributed by atoms with Gasteiger partial charge >= 0.3 is 0 Å². The molecule has 6 nitrogen and oxygen atoms in total. The number of hydrogen-bond acceptors (Lipinski definition) is 5. The fourth-order valence-electron chi connectivity index (χ4n) is 2.19. The van der Waals surface area contributed by atoms with Crippen LogP contribution in [0.2, 0.25) is 0 Å². The monoisotopic (exact) mass is 280 g/mol. The average Bonchev–Trinajstić information content (AvgIpc) is 2.43. The van der Waals surface area contributed by atoms with Gasteiger partial charge in [0.15, 0.2) is 0 Å². The molecule has 2 rings (SSSR count). The summed E-state index contributed by atoms with van der Waals surface area (Å²) >= 11 is 0. The molecule has 0 saturated carbocycles. The molecular formula is C14H20N2O4. The number of hydrogen-bond donors (Lipinski definition) is 2. The summed E-state index contributed by atoms with van der Waals surface area (Å²) in [5.74, 6) is -0.141. The third kappa shape index (κ3) is 3.33. The van der Waals surface area contributed by atoms with Crippen molar-refractivity contribution >= 4 is 5.91 Å². The summed E-state index contributed by atoms with van der Waals surface area (Å²) in [6.45, 7) is 2.21. The van der Waals surface area contributed by atoms with Gasteiger partial charge in [-0.25, -0.2) is 0 Å². The lowest BCUT2D eigenvalue weighted by Gasteiger charge is -2.37. The minimum absolute atomic E-state index is 0.0988. The zero-order chi connectivity index (χ0) is 14.7. The fraction of sp³-hybridized carbons (Fsp3) is 0.571. The van der Waals surface area contributed by atoms with Crippen molar-refractivity contribution in [2.45, 2.75) is 31.6 Å². The number of pyridine rings is 1. The molecule has 2 N–H and O–H groups in total. The summed E-state index contributed by atoms with van der Waals surface area (Å²) in [5.41, 5.74) is 1.72. The number of nitrogens with zero attached hydrogens (tertiary/aromatic N) is 2. The molecule has 1 saturated heterocycles. The van der Waals surface area contributed by atoms with Gasteiger partial charge in [-0.15, -0.1) is 0 Å². The van der Waals surface area contributed by atoms with E-state index in [1.807, 2.05) is 19.1 Å². The number of aliphatic hydroxyl groups excluding tert-OH is 2. The Morgan fingerprint density at radius 3 is 2.85 bits per heavy atom. The van der Waals surface area contributed by atoms with Crippen molar-refractivity contribution in [3.8, 4) is 0 Å². The molecule has 0 radical (unpaired) electrons. The first-order valence-electron chi connectivity index (χ1n) is 6.60. The molecule has 110 valence electrons.